The van der Waals surface area contributed by atoms with Gasteiger partial charge in [0, 0.05) is 42.5 Å². The molecule has 1 aromatic heterocycles. The number of carbonyl (C=O) groups is 1. The van der Waals surface area contributed by atoms with E-state index in [0.29, 0.717) is 0 Å². The number of rotatable bonds is 3. The molecule has 0 saturated carbocycles. The van der Waals surface area contributed by atoms with Crippen molar-refractivity contribution in [2.45, 2.75) is 33.2 Å². The van der Waals surface area contributed by atoms with Crippen LogP contribution >= 0.6 is 0 Å². The Labute approximate surface area is 205 Å². The zero-order valence-electron chi connectivity index (χ0n) is 20.7. The maximum Gasteiger partial charge on any atom is 0.337 e. The summed E-state index contributed by atoms with van der Waals surface area (Å²) in [6.45, 7) is 9.06. The van der Waals surface area contributed by atoms with Crippen LogP contribution in [0, 0.1) is 13.8 Å². The molecule has 1 atom stereocenters. The molecular formula is C27H31N5O3. The van der Waals surface area contributed by atoms with Gasteiger partial charge < -0.3 is 19.5 Å². The minimum Gasteiger partial charge on any atom is -0.378 e. The summed E-state index contributed by atoms with van der Waals surface area (Å²) >= 11 is 0. The molecule has 8 nitrogen and oxygen atoms in total. The smallest absolute Gasteiger partial charge is 0.337 e. The van der Waals surface area contributed by atoms with Crippen LogP contribution in [0.2, 0.25) is 0 Å². The lowest BCUT2D eigenvalue weighted by Gasteiger charge is -2.29. The average Bonchev–Trinajstić information content (AvgIpc) is 3.14. The van der Waals surface area contributed by atoms with Crippen LogP contribution in [0.25, 0.3) is 11.1 Å². The monoisotopic (exact) mass is 473 g/mol. The number of benzene rings is 2. The van der Waals surface area contributed by atoms with Gasteiger partial charge in [-0.05, 0) is 50.5 Å². The quantitative estimate of drug-likeness (QED) is 0.618. The Hall–Kier alpha value is -3.65. The first-order valence-electron chi connectivity index (χ1n) is 12.1. The van der Waals surface area contributed by atoms with Gasteiger partial charge in [-0.2, -0.15) is 5.10 Å². The first-order chi connectivity index (χ1) is 17.0. The van der Waals surface area contributed by atoms with E-state index in [1.165, 1.54) is 5.56 Å². The Kier molecular flexibility index (Phi) is 6.30. The molecule has 5 rings (SSSR count). The Bertz CT molecular complexity index is 1240. The second-order valence-electron chi connectivity index (χ2n) is 9.12. The van der Waals surface area contributed by atoms with E-state index in [1.807, 2.05) is 20.8 Å². The number of amides is 2. The maximum atomic E-state index is 12.7. The van der Waals surface area contributed by atoms with E-state index in [-0.39, 0.29) is 12.1 Å². The molecule has 1 fully saturated rings. The number of aryl methyl sites for hydroxylation is 2. The second-order valence-corrected chi connectivity index (χ2v) is 9.12. The van der Waals surface area contributed by atoms with Crippen LogP contribution in [0.4, 0.5) is 10.5 Å². The van der Waals surface area contributed by atoms with Crippen LogP contribution in [0.5, 0.6) is 0 Å². The van der Waals surface area contributed by atoms with Gasteiger partial charge in [0.25, 0.3) is 0 Å². The van der Waals surface area contributed by atoms with E-state index in [9.17, 15) is 4.79 Å². The van der Waals surface area contributed by atoms with Crippen molar-refractivity contribution in [2.75, 3.05) is 38.3 Å². The van der Waals surface area contributed by atoms with Crippen molar-refractivity contribution in [3.05, 3.63) is 70.6 Å². The predicted molar refractivity (Wildman–Crippen MR) is 136 cm³/mol. The molecule has 1 N–H and O–H groups in total. The number of hydrogen-bond acceptors (Lipinski definition) is 6. The van der Waals surface area contributed by atoms with Crippen LogP contribution in [-0.2, 0) is 11.2 Å². The van der Waals surface area contributed by atoms with Gasteiger partial charge >= 0.3 is 6.03 Å². The van der Waals surface area contributed by atoms with Crippen molar-refractivity contribution in [1.29, 1.82) is 0 Å². The van der Waals surface area contributed by atoms with Gasteiger partial charge in [-0.3, -0.25) is 0 Å². The standard InChI is InChI=1S/C27H31N5O3/c1-17-15-22-9-10-23(31-11-13-34-14-12-31)16-24(22)26(29-32(17)27(33)28-4)21-7-5-20(6-8-21)25-18(2)30-35-19(25)3/h5-10,16-17H,11-15H2,1-4H3,(H,28,33)/t17-/m1/s1. The Morgan fingerprint density at radius 3 is 2.43 bits per heavy atom. The van der Waals surface area contributed by atoms with Gasteiger partial charge in [0.05, 0.1) is 30.7 Å². The molecule has 35 heavy (non-hydrogen) atoms. The average molecular weight is 474 g/mol. The van der Waals surface area contributed by atoms with Gasteiger partial charge in [-0.25, -0.2) is 9.80 Å². The maximum absolute atomic E-state index is 12.7. The van der Waals surface area contributed by atoms with Crippen molar-refractivity contribution in [1.82, 2.24) is 15.5 Å². The lowest BCUT2D eigenvalue weighted by molar-refractivity contribution is 0.122. The van der Waals surface area contributed by atoms with Crippen molar-refractivity contribution in [3.63, 3.8) is 0 Å². The van der Waals surface area contributed by atoms with E-state index in [0.717, 1.165) is 77.8 Å². The summed E-state index contributed by atoms with van der Waals surface area (Å²) in [5.41, 5.74) is 8.02. The molecule has 3 aromatic rings. The first kappa shape index (κ1) is 23.1. The number of nitrogens with one attached hydrogen (secondary N) is 1. The van der Waals surface area contributed by atoms with E-state index < -0.39 is 0 Å². The second kappa shape index (κ2) is 9.54. The van der Waals surface area contributed by atoms with Gasteiger partial charge in [0.15, 0.2) is 0 Å². The summed E-state index contributed by atoms with van der Waals surface area (Å²) in [6.07, 6.45) is 0.719. The summed E-state index contributed by atoms with van der Waals surface area (Å²) in [5.74, 6) is 0.794. The van der Waals surface area contributed by atoms with Gasteiger partial charge in [-0.15, -0.1) is 0 Å². The lowest BCUT2D eigenvalue weighted by Crippen LogP contribution is -2.41. The van der Waals surface area contributed by atoms with Crippen molar-refractivity contribution in [3.8, 4) is 11.1 Å². The third-order valence-corrected chi connectivity index (χ3v) is 6.77. The molecule has 0 radical (unpaired) electrons. The third kappa shape index (κ3) is 4.41. The molecule has 2 aromatic carbocycles. The van der Waals surface area contributed by atoms with Crippen molar-refractivity contribution >= 4 is 17.4 Å². The summed E-state index contributed by atoms with van der Waals surface area (Å²) in [7, 11) is 1.64. The molecule has 0 spiro atoms. The number of ether oxygens (including phenoxy) is 1. The SMILES string of the molecule is CNC(=O)N1N=C(c2ccc(-c3c(C)noc3C)cc2)c2cc(N3CCOCC3)ccc2C[C@H]1C. The van der Waals surface area contributed by atoms with Crippen molar-refractivity contribution in [2.24, 2.45) is 5.10 Å². The summed E-state index contributed by atoms with van der Waals surface area (Å²) in [4.78, 5) is 15.1. The minimum absolute atomic E-state index is 0.0815. The highest BCUT2D eigenvalue weighted by Gasteiger charge is 2.28. The van der Waals surface area contributed by atoms with Crippen LogP contribution in [0.1, 0.15) is 35.1 Å². The Morgan fingerprint density at radius 2 is 1.77 bits per heavy atom. The van der Waals surface area contributed by atoms with E-state index in [2.05, 4.69) is 57.8 Å². The normalized spacial score (nSPS) is 18.1. The number of hydrogen-bond donors (Lipinski definition) is 1. The Morgan fingerprint density at radius 1 is 1.06 bits per heavy atom. The topological polar surface area (TPSA) is 83.2 Å². The van der Waals surface area contributed by atoms with Crippen LogP contribution in [-0.4, -0.2) is 61.3 Å². The number of urea groups is 1. The number of anilines is 1. The zero-order valence-corrected chi connectivity index (χ0v) is 20.7. The summed E-state index contributed by atoms with van der Waals surface area (Å²) in [5, 5.41) is 13.3. The number of hydrazone groups is 1. The fourth-order valence-corrected chi connectivity index (χ4v) is 4.91. The highest BCUT2D eigenvalue weighted by Crippen LogP contribution is 2.31. The summed E-state index contributed by atoms with van der Waals surface area (Å²) in [6, 6.07) is 14.5. The minimum atomic E-state index is -0.219. The molecule has 2 aliphatic rings. The van der Waals surface area contributed by atoms with Crippen LogP contribution < -0.4 is 10.2 Å². The van der Waals surface area contributed by atoms with Gasteiger partial charge in [0.2, 0.25) is 0 Å². The number of fused-ring (bicyclic) bond motifs is 1. The zero-order chi connectivity index (χ0) is 24.5. The molecule has 3 heterocycles. The number of aromatic nitrogens is 1. The lowest BCUT2D eigenvalue weighted by atomic mass is 9.93. The molecule has 0 unspecified atom stereocenters. The Balaban J connectivity index is 1.60. The van der Waals surface area contributed by atoms with E-state index >= 15 is 0 Å². The predicted octanol–water partition coefficient (Wildman–Crippen LogP) is 4.13. The fraction of sp³-hybridized carbons (Fsp3) is 0.370. The van der Waals surface area contributed by atoms with Crippen LogP contribution in [0.15, 0.2) is 52.1 Å². The first-order valence-corrected chi connectivity index (χ1v) is 12.1. The van der Waals surface area contributed by atoms with Crippen LogP contribution in [0.3, 0.4) is 0 Å². The van der Waals surface area contributed by atoms with Gasteiger partial charge in [0.1, 0.15) is 5.76 Å². The molecular weight excluding hydrogens is 442 g/mol. The molecule has 0 aliphatic carbocycles. The highest BCUT2D eigenvalue weighted by atomic mass is 16.5. The number of nitrogens with zero attached hydrogens (tertiary/aromatic N) is 4. The number of carbonyl (C=O) groups excluding carboxylic acids is 1. The van der Waals surface area contributed by atoms with Gasteiger partial charge in [-0.1, -0.05) is 35.5 Å². The molecule has 2 amide bonds. The molecule has 1 saturated heterocycles. The third-order valence-electron chi connectivity index (χ3n) is 6.77. The van der Waals surface area contributed by atoms with E-state index in [4.69, 9.17) is 14.4 Å². The highest BCUT2D eigenvalue weighted by molar-refractivity contribution is 6.14. The largest absolute Gasteiger partial charge is 0.378 e. The molecule has 8 heteroatoms. The molecule has 0 bridgehead atoms. The summed E-state index contributed by atoms with van der Waals surface area (Å²) < 4.78 is 10.9. The fourth-order valence-electron chi connectivity index (χ4n) is 4.91. The molecule has 182 valence electrons. The van der Waals surface area contributed by atoms with E-state index in [1.54, 1.807) is 12.1 Å². The number of morpholine rings is 1. The van der Waals surface area contributed by atoms with Crippen molar-refractivity contribution < 1.29 is 14.1 Å². The molecule has 2 aliphatic heterocycles.